The Bertz CT molecular complexity index is 632. The van der Waals surface area contributed by atoms with E-state index in [4.69, 9.17) is 15.3 Å². The third kappa shape index (κ3) is 2.43. The van der Waals surface area contributed by atoms with E-state index in [1.165, 1.54) is 0 Å². The van der Waals surface area contributed by atoms with Gasteiger partial charge in [0.15, 0.2) is 11.5 Å². The van der Waals surface area contributed by atoms with Gasteiger partial charge in [-0.1, -0.05) is 6.07 Å². The number of fused-ring (bicyclic) bond motifs is 1. The summed E-state index contributed by atoms with van der Waals surface area (Å²) in [6, 6.07) is 5.84. The van der Waals surface area contributed by atoms with Crippen LogP contribution in [-0.2, 0) is 6.54 Å². The maximum atomic E-state index is 5.35. The Morgan fingerprint density at radius 3 is 3.00 bits per heavy atom. The molecule has 2 aromatic rings. The van der Waals surface area contributed by atoms with Crippen LogP contribution >= 0.6 is 0 Å². The van der Waals surface area contributed by atoms with Gasteiger partial charge in [-0.15, -0.1) is 0 Å². The Balaban J connectivity index is 1.73. The second-order valence-corrected chi connectivity index (χ2v) is 4.41. The molecule has 2 heterocycles. The average Bonchev–Trinajstić information content (AvgIpc) is 2.94. The number of aryl methyl sites for hydroxylation is 1. The monoisotopic (exact) mass is 273 g/mol. The minimum absolute atomic E-state index is 0.281. The normalized spacial score (nSPS) is 12.3. The first-order valence-corrected chi connectivity index (χ1v) is 6.19. The third-order valence-corrected chi connectivity index (χ3v) is 3.00. The van der Waals surface area contributed by atoms with Crippen molar-refractivity contribution in [3.05, 3.63) is 35.5 Å². The molecule has 0 unspecified atom stereocenters. The lowest BCUT2D eigenvalue weighted by molar-refractivity contribution is 0.174. The van der Waals surface area contributed by atoms with Gasteiger partial charge in [-0.05, 0) is 24.6 Å². The number of rotatable bonds is 4. The van der Waals surface area contributed by atoms with Gasteiger partial charge >= 0.3 is 0 Å². The van der Waals surface area contributed by atoms with Crippen LogP contribution in [0.3, 0.4) is 0 Å². The SMILES string of the molecule is Cc1cnc(NN)nc1NCc1ccc2c(c1)OCO2. The van der Waals surface area contributed by atoms with Crippen molar-refractivity contribution in [2.24, 2.45) is 5.84 Å². The topological polar surface area (TPSA) is 94.3 Å². The summed E-state index contributed by atoms with van der Waals surface area (Å²) in [5.41, 5.74) is 4.46. The van der Waals surface area contributed by atoms with Crippen LogP contribution in [0.1, 0.15) is 11.1 Å². The molecule has 3 rings (SSSR count). The van der Waals surface area contributed by atoms with Crippen molar-refractivity contribution < 1.29 is 9.47 Å². The van der Waals surface area contributed by atoms with Crippen LogP contribution in [-0.4, -0.2) is 16.8 Å². The standard InChI is InChI=1S/C13H15N5O2/c1-8-5-16-13(18-14)17-12(8)15-6-9-2-3-10-11(4-9)20-7-19-10/h2-5H,6-7,14H2,1H3,(H2,15,16,17,18). The highest BCUT2D eigenvalue weighted by Crippen LogP contribution is 2.32. The molecule has 0 saturated heterocycles. The predicted molar refractivity (Wildman–Crippen MR) is 74.5 cm³/mol. The van der Waals surface area contributed by atoms with Gasteiger partial charge in [-0.2, -0.15) is 4.98 Å². The number of anilines is 2. The van der Waals surface area contributed by atoms with Crippen LogP contribution in [0.4, 0.5) is 11.8 Å². The summed E-state index contributed by atoms with van der Waals surface area (Å²) in [7, 11) is 0. The summed E-state index contributed by atoms with van der Waals surface area (Å²) < 4.78 is 10.6. The van der Waals surface area contributed by atoms with Gasteiger partial charge < -0.3 is 14.8 Å². The van der Waals surface area contributed by atoms with Gasteiger partial charge in [0.25, 0.3) is 0 Å². The van der Waals surface area contributed by atoms with Crippen molar-refractivity contribution in [2.45, 2.75) is 13.5 Å². The predicted octanol–water partition coefficient (Wildman–Crippen LogP) is 1.41. The van der Waals surface area contributed by atoms with Crippen LogP contribution in [0, 0.1) is 6.92 Å². The molecular formula is C13H15N5O2. The van der Waals surface area contributed by atoms with E-state index in [9.17, 15) is 0 Å². The first kappa shape index (κ1) is 12.5. The minimum Gasteiger partial charge on any atom is -0.454 e. The summed E-state index contributed by atoms with van der Waals surface area (Å²) in [6.07, 6.45) is 1.71. The first-order chi connectivity index (χ1) is 9.76. The summed E-state index contributed by atoms with van der Waals surface area (Å²) in [6.45, 7) is 2.84. The van der Waals surface area contributed by atoms with E-state index in [-0.39, 0.29) is 6.79 Å². The zero-order valence-electron chi connectivity index (χ0n) is 11.0. The summed E-state index contributed by atoms with van der Waals surface area (Å²) in [5, 5.41) is 3.25. The van der Waals surface area contributed by atoms with Gasteiger partial charge in [0, 0.05) is 18.3 Å². The molecule has 104 valence electrons. The molecule has 4 N–H and O–H groups in total. The lowest BCUT2D eigenvalue weighted by Crippen LogP contribution is -2.12. The fourth-order valence-electron chi connectivity index (χ4n) is 1.93. The van der Waals surface area contributed by atoms with Crippen LogP contribution in [0.15, 0.2) is 24.4 Å². The number of ether oxygens (including phenoxy) is 2. The Kier molecular flexibility index (Phi) is 3.26. The van der Waals surface area contributed by atoms with Gasteiger partial charge in [-0.3, -0.25) is 5.43 Å². The molecule has 1 aliphatic heterocycles. The Morgan fingerprint density at radius 1 is 1.30 bits per heavy atom. The van der Waals surface area contributed by atoms with Crippen molar-refractivity contribution in [3.63, 3.8) is 0 Å². The number of hydrazine groups is 1. The number of nitrogens with zero attached hydrogens (tertiary/aromatic N) is 2. The van der Waals surface area contributed by atoms with Crippen molar-refractivity contribution in [2.75, 3.05) is 17.5 Å². The Morgan fingerprint density at radius 2 is 2.15 bits per heavy atom. The fraction of sp³-hybridized carbons (Fsp3) is 0.231. The number of nitrogen functional groups attached to an aromatic ring is 1. The smallest absolute Gasteiger partial charge is 0.239 e. The molecule has 1 aliphatic rings. The second kappa shape index (κ2) is 5.22. The van der Waals surface area contributed by atoms with Gasteiger partial charge in [0.05, 0.1) is 0 Å². The number of hydrogen-bond acceptors (Lipinski definition) is 7. The van der Waals surface area contributed by atoms with Crippen molar-refractivity contribution in [1.29, 1.82) is 0 Å². The number of aromatic nitrogens is 2. The quantitative estimate of drug-likeness (QED) is 0.572. The molecule has 0 amide bonds. The van der Waals surface area contributed by atoms with E-state index >= 15 is 0 Å². The molecule has 7 nitrogen and oxygen atoms in total. The lowest BCUT2D eigenvalue weighted by atomic mass is 10.2. The van der Waals surface area contributed by atoms with Gasteiger partial charge in [0.2, 0.25) is 12.7 Å². The van der Waals surface area contributed by atoms with Gasteiger partial charge in [-0.25, -0.2) is 10.8 Å². The average molecular weight is 273 g/mol. The van der Waals surface area contributed by atoms with E-state index in [1.54, 1.807) is 6.20 Å². The molecule has 0 bridgehead atoms. The minimum atomic E-state index is 0.281. The van der Waals surface area contributed by atoms with Gasteiger partial charge in [0.1, 0.15) is 5.82 Å². The van der Waals surface area contributed by atoms with E-state index in [2.05, 4.69) is 20.7 Å². The molecule has 1 aromatic heterocycles. The molecule has 0 spiro atoms. The Hall–Kier alpha value is -2.54. The van der Waals surface area contributed by atoms with Crippen LogP contribution in [0.5, 0.6) is 11.5 Å². The van der Waals surface area contributed by atoms with Crippen LogP contribution in [0.2, 0.25) is 0 Å². The first-order valence-electron chi connectivity index (χ1n) is 6.19. The highest BCUT2D eigenvalue weighted by Gasteiger charge is 2.13. The van der Waals surface area contributed by atoms with Crippen LogP contribution < -0.4 is 26.1 Å². The number of benzene rings is 1. The maximum absolute atomic E-state index is 5.35. The fourth-order valence-corrected chi connectivity index (χ4v) is 1.93. The summed E-state index contributed by atoms with van der Waals surface area (Å²) in [4.78, 5) is 8.30. The van der Waals surface area contributed by atoms with Crippen molar-refractivity contribution in [3.8, 4) is 11.5 Å². The second-order valence-electron chi connectivity index (χ2n) is 4.41. The third-order valence-electron chi connectivity index (χ3n) is 3.00. The molecule has 1 aromatic carbocycles. The van der Waals surface area contributed by atoms with E-state index in [0.29, 0.717) is 12.5 Å². The zero-order valence-corrected chi connectivity index (χ0v) is 11.0. The van der Waals surface area contributed by atoms with E-state index in [1.807, 2.05) is 25.1 Å². The lowest BCUT2D eigenvalue weighted by Gasteiger charge is -2.10. The molecule has 0 atom stereocenters. The highest BCUT2D eigenvalue weighted by molar-refractivity contribution is 5.48. The molecule has 0 fully saturated rings. The molecule has 0 aliphatic carbocycles. The molecule has 7 heteroatoms. The number of hydrogen-bond donors (Lipinski definition) is 3. The largest absolute Gasteiger partial charge is 0.454 e. The summed E-state index contributed by atoms with van der Waals surface area (Å²) in [5.74, 6) is 7.97. The van der Waals surface area contributed by atoms with Crippen LogP contribution in [0.25, 0.3) is 0 Å². The maximum Gasteiger partial charge on any atom is 0.239 e. The zero-order chi connectivity index (χ0) is 13.9. The molecule has 0 saturated carbocycles. The summed E-state index contributed by atoms with van der Waals surface area (Å²) >= 11 is 0. The van der Waals surface area contributed by atoms with E-state index < -0.39 is 0 Å². The van der Waals surface area contributed by atoms with E-state index in [0.717, 1.165) is 28.4 Å². The number of nitrogens with one attached hydrogen (secondary N) is 2. The van der Waals surface area contributed by atoms with Crippen molar-refractivity contribution >= 4 is 11.8 Å². The molecular weight excluding hydrogens is 258 g/mol. The van der Waals surface area contributed by atoms with Crippen molar-refractivity contribution in [1.82, 2.24) is 9.97 Å². The Labute approximate surface area is 116 Å². The molecule has 20 heavy (non-hydrogen) atoms. The molecule has 0 radical (unpaired) electrons. The highest BCUT2D eigenvalue weighted by atomic mass is 16.7. The number of nitrogens with two attached hydrogens (primary N) is 1.